The summed E-state index contributed by atoms with van der Waals surface area (Å²) in [7, 11) is 0. The maximum Gasteiger partial charge on any atom is 0.407 e. The van der Waals surface area contributed by atoms with E-state index >= 15 is 0 Å². The van der Waals surface area contributed by atoms with E-state index in [1.807, 2.05) is 36.4 Å². The number of morpholine rings is 1. The molecule has 0 spiro atoms. The summed E-state index contributed by atoms with van der Waals surface area (Å²) in [6, 6.07) is 15.0. The minimum Gasteiger partial charge on any atom is -0.481 e. The molecule has 1 fully saturated rings. The number of nitrogens with one attached hydrogen (secondary N) is 2. The lowest BCUT2D eigenvalue weighted by Gasteiger charge is -2.27. The first-order valence-electron chi connectivity index (χ1n) is 11.9. The lowest BCUT2D eigenvalue weighted by atomic mass is 9.98. The first-order valence-corrected chi connectivity index (χ1v) is 11.9. The third-order valence-corrected chi connectivity index (χ3v) is 6.43. The van der Waals surface area contributed by atoms with Crippen molar-refractivity contribution in [2.24, 2.45) is 0 Å². The predicted molar refractivity (Wildman–Crippen MR) is 129 cm³/mol. The second-order valence-electron chi connectivity index (χ2n) is 8.70. The van der Waals surface area contributed by atoms with E-state index < -0.39 is 24.0 Å². The molecule has 1 heterocycles. The van der Waals surface area contributed by atoms with Crippen LogP contribution in [0.15, 0.2) is 48.5 Å². The molecule has 35 heavy (non-hydrogen) atoms. The number of carbonyl (C=O) groups is 3. The van der Waals surface area contributed by atoms with Gasteiger partial charge in [0.25, 0.3) is 0 Å². The number of benzene rings is 2. The Labute approximate surface area is 204 Å². The summed E-state index contributed by atoms with van der Waals surface area (Å²) >= 11 is 0. The van der Waals surface area contributed by atoms with Crippen molar-refractivity contribution in [3.8, 4) is 11.1 Å². The first kappa shape index (κ1) is 24.7. The van der Waals surface area contributed by atoms with E-state index in [4.69, 9.17) is 14.6 Å². The molecule has 0 unspecified atom stereocenters. The highest BCUT2D eigenvalue weighted by Crippen LogP contribution is 2.44. The highest BCUT2D eigenvalue weighted by molar-refractivity contribution is 5.86. The van der Waals surface area contributed by atoms with Gasteiger partial charge in [-0.2, -0.15) is 0 Å². The number of carbonyl (C=O) groups excluding carboxylic acids is 2. The molecule has 1 atom stereocenters. The molecule has 9 nitrogen and oxygen atoms in total. The molecule has 3 N–H and O–H groups in total. The van der Waals surface area contributed by atoms with Crippen molar-refractivity contribution in [2.45, 2.75) is 24.8 Å². The molecule has 186 valence electrons. The Hall–Kier alpha value is -3.43. The predicted octanol–water partition coefficient (Wildman–Crippen LogP) is 2.21. The standard InChI is InChI=1S/C26H31N3O6/c30-24(31)10-9-23(25(32)27-11-12-29-13-15-34-16-14-29)28-26(33)35-17-22-20-7-3-1-5-18(20)19-6-2-4-8-21(19)22/h1-8,22-23H,9-17H2,(H,27,32)(H,28,33)(H,30,31)/t23-/m0/s1. The van der Waals surface area contributed by atoms with Crippen LogP contribution in [-0.4, -0.2) is 80.0 Å². The lowest BCUT2D eigenvalue weighted by molar-refractivity contribution is -0.137. The third-order valence-electron chi connectivity index (χ3n) is 6.43. The number of alkyl carbamates (subject to hydrolysis) is 1. The summed E-state index contributed by atoms with van der Waals surface area (Å²) in [5.74, 6) is -1.56. The number of hydrogen-bond donors (Lipinski definition) is 3. The Balaban J connectivity index is 1.32. The average Bonchev–Trinajstić information content (AvgIpc) is 3.19. The van der Waals surface area contributed by atoms with Crippen molar-refractivity contribution in [1.29, 1.82) is 0 Å². The molecule has 2 aliphatic rings. The second-order valence-corrected chi connectivity index (χ2v) is 8.70. The Kier molecular flexibility index (Phi) is 8.33. The molecule has 1 aliphatic heterocycles. The first-order chi connectivity index (χ1) is 17.0. The quantitative estimate of drug-likeness (QED) is 0.476. The Morgan fingerprint density at radius 2 is 1.66 bits per heavy atom. The van der Waals surface area contributed by atoms with Gasteiger partial charge < -0.3 is 25.2 Å². The molecule has 1 saturated heterocycles. The van der Waals surface area contributed by atoms with Gasteiger partial charge in [0.15, 0.2) is 0 Å². The zero-order valence-corrected chi connectivity index (χ0v) is 19.6. The summed E-state index contributed by atoms with van der Waals surface area (Å²) < 4.78 is 10.8. The highest BCUT2D eigenvalue weighted by Gasteiger charge is 2.30. The Morgan fingerprint density at radius 3 is 2.29 bits per heavy atom. The van der Waals surface area contributed by atoms with Gasteiger partial charge in [0, 0.05) is 38.5 Å². The number of hydrogen-bond acceptors (Lipinski definition) is 6. The van der Waals surface area contributed by atoms with Crippen molar-refractivity contribution in [3.05, 3.63) is 59.7 Å². The fourth-order valence-electron chi connectivity index (χ4n) is 4.60. The van der Waals surface area contributed by atoms with Crippen molar-refractivity contribution in [2.75, 3.05) is 46.0 Å². The van der Waals surface area contributed by atoms with Crippen LogP contribution < -0.4 is 10.6 Å². The fourth-order valence-corrected chi connectivity index (χ4v) is 4.60. The number of nitrogens with zero attached hydrogens (tertiary/aromatic N) is 1. The van der Waals surface area contributed by atoms with Crippen LogP contribution in [0.1, 0.15) is 29.9 Å². The summed E-state index contributed by atoms with van der Waals surface area (Å²) in [6.45, 7) is 4.11. The van der Waals surface area contributed by atoms with E-state index in [-0.39, 0.29) is 25.4 Å². The SMILES string of the molecule is O=C(O)CC[C@H](NC(=O)OCC1c2ccccc2-c2ccccc21)C(=O)NCCN1CCOCC1. The second kappa shape index (κ2) is 11.8. The number of fused-ring (bicyclic) bond motifs is 3. The van der Waals surface area contributed by atoms with E-state index in [2.05, 4.69) is 27.7 Å². The van der Waals surface area contributed by atoms with E-state index in [9.17, 15) is 14.4 Å². The van der Waals surface area contributed by atoms with Crippen molar-refractivity contribution < 1.29 is 29.0 Å². The maximum atomic E-state index is 12.7. The summed E-state index contributed by atoms with van der Waals surface area (Å²) in [4.78, 5) is 38.6. The number of rotatable bonds is 10. The van der Waals surface area contributed by atoms with Crippen LogP contribution >= 0.6 is 0 Å². The molecular formula is C26H31N3O6. The highest BCUT2D eigenvalue weighted by atomic mass is 16.5. The fraction of sp³-hybridized carbons (Fsp3) is 0.423. The van der Waals surface area contributed by atoms with E-state index in [1.54, 1.807) is 0 Å². The summed E-state index contributed by atoms with van der Waals surface area (Å²) in [5.41, 5.74) is 4.42. The van der Waals surface area contributed by atoms with Gasteiger partial charge in [0.1, 0.15) is 12.6 Å². The smallest absolute Gasteiger partial charge is 0.407 e. The molecule has 0 aromatic heterocycles. The maximum absolute atomic E-state index is 12.7. The lowest BCUT2D eigenvalue weighted by Crippen LogP contribution is -2.49. The number of carboxylic acid groups (broad SMARTS) is 1. The number of carboxylic acids is 1. The zero-order chi connectivity index (χ0) is 24.6. The molecule has 0 saturated carbocycles. The van der Waals surface area contributed by atoms with Gasteiger partial charge >= 0.3 is 12.1 Å². The van der Waals surface area contributed by atoms with Gasteiger partial charge in [-0.1, -0.05) is 48.5 Å². The van der Waals surface area contributed by atoms with Crippen LogP contribution in [0, 0.1) is 0 Å². The Bertz CT molecular complexity index is 1010. The molecule has 9 heteroatoms. The largest absolute Gasteiger partial charge is 0.481 e. The molecule has 2 aromatic rings. The minimum atomic E-state index is -1.04. The van der Waals surface area contributed by atoms with Crippen LogP contribution in [-0.2, 0) is 19.1 Å². The van der Waals surface area contributed by atoms with Crippen LogP contribution in [0.25, 0.3) is 11.1 Å². The van der Waals surface area contributed by atoms with Crippen molar-refractivity contribution >= 4 is 18.0 Å². The topological polar surface area (TPSA) is 117 Å². The molecule has 0 bridgehead atoms. The Morgan fingerprint density at radius 1 is 1.03 bits per heavy atom. The van der Waals surface area contributed by atoms with Gasteiger partial charge in [-0.05, 0) is 28.7 Å². The van der Waals surface area contributed by atoms with Crippen LogP contribution in [0.4, 0.5) is 4.79 Å². The molecule has 2 amide bonds. The number of ether oxygens (including phenoxy) is 2. The minimum absolute atomic E-state index is 0.0249. The van der Waals surface area contributed by atoms with Gasteiger partial charge in [-0.25, -0.2) is 4.79 Å². The van der Waals surface area contributed by atoms with E-state index in [0.29, 0.717) is 26.3 Å². The van der Waals surface area contributed by atoms with Gasteiger partial charge in [0.2, 0.25) is 5.91 Å². The van der Waals surface area contributed by atoms with Crippen molar-refractivity contribution in [3.63, 3.8) is 0 Å². The summed E-state index contributed by atoms with van der Waals surface area (Å²) in [5, 5.41) is 14.4. The third kappa shape index (κ3) is 6.37. The normalized spacial score (nSPS) is 16.1. The zero-order valence-electron chi connectivity index (χ0n) is 19.6. The number of aliphatic carboxylic acids is 1. The van der Waals surface area contributed by atoms with Gasteiger partial charge in [0.05, 0.1) is 13.2 Å². The van der Waals surface area contributed by atoms with Crippen LogP contribution in [0.2, 0.25) is 0 Å². The van der Waals surface area contributed by atoms with Crippen LogP contribution in [0.5, 0.6) is 0 Å². The van der Waals surface area contributed by atoms with Gasteiger partial charge in [-0.3, -0.25) is 14.5 Å². The van der Waals surface area contributed by atoms with Gasteiger partial charge in [-0.15, -0.1) is 0 Å². The van der Waals surface area contributed by atoms with Crippen LogP contribution in [0.3, 0.4) is 0 Å². The molecular weight excluding hydrogens is 450 g/mol. The molecule has 4 rings (SSSR count). The summed E-state index contributed by atoms with van der Waals surface area (Å²) in [6.07, 6.45) is -1.01. The average molecular weight is 482 g/mol. The molecule has 0 radical (unpaired) electrons. The van der Waals surface area contributed by atoms with E-state index in [1.165, 1.54) is 0 Å². The number of amides is 2. The molecule has 2 aromatic carbocycles. The van der Waals surface area contributed by atoms with Crippen molar-refractivity contribution in [1.82, 2.24) is 15.5 Å². The van der Waals surface area contributed by atoms with E-state index in [0.717, 1.165) is 35.3 Å². The monoisotopic (exact) mass is 481 g/mol. The molecule has 1 aliphatic carbocycles.